The summed E-state index contributed by atoms with van der Waals surface area (Å²) in [5, 5.41) is 18.6. The summed E-state index contributed by atoms with van der Waals surface area (Å²) in [7, 11) is 0. The molecule has 7 rings (SSSR count). The number of aromatic amines is 1. The summed E-state index contributed by atoms with van der Waals surface area (Å²) in [5.74, 6) is 0.301. The highest BCUT2D eigenvalue weighted by Crippen LogP contribution is 2.45. The molecule has 1 saturated carbocycles. The topological polar surface area (TPSA) is 115 Å². The maximum atomic E-state index is 13.6. The minimum Gasteiger partial charge on any atom is -0.367 e. The van der Waals surface area contributed by atoms with E-state index in [-0.39, 0.29) is 11.6 Å². The summed E-state index contributed by atoms with van der Waals surface area (Å²) in [5.41, 5.74) is 1.89. The van der Waals surface area contributed by atoms with Gasteiger partial charge in [0.2, 0.25) is 0 Å². The minimum atomic E-state index is -4.48. The number of nitriles is 1. The molecule has 4 aromatic heterocycles. The number of H-pyrrole nitrogens is 1. The van der Waals surface area contributed by atoms with Crippen molar-refractivity contribution in [2.45, 2.75) is 68.9 Å². The fraction of sp³-hybridized carbons (Fsp3) is 0.500. The average Bonchev–Trinajstić information content (AvgIpc) is 3.63. The van der Waals surface area contributed by atoms with Crippen molar-refractivity contribution in [3.63, 3.8) is 0 Å². The van der Waals surface area contributed by atoms with E-state index in [1.54, 1.807) is 12.3 Å². The van der Waals surface area contributed by atoms with Crippen LogP contribution in [0.5, 0.6) is 0 Å². The quantitative estimate of drug-likeness (QED) is 0.301. The fourth-order valence-corrected chi connectivity index (χ4v) is 6.76. The first-order chi connectivity index (χ1) is 20.8. The van der Waals surface area contributed by atoms with Gasteiger partial charge in [-0.25, -0.2) is 15.0 Å². The molecule has 0 spiro atoms. The molecule has 3 aliphatic rings. The van der Waals surface area contributed by atoms with Gasteiger partial charge in [-0.05, 0) is 69.0 Å². The average molecular weight is 591 g/mol. The van der Waals surface area contributed by atoms with Crippen LogP contribution in [-0.2, 0) is 18.3 Å². The molecule has 2 N–H and O–H groups in total. The van der Waals surface area contributed by atoms with Crippen LogP contribution in [0.15, 0.2) is 43.1 Å². The molecule has 6 heterocycles. The number of pyridine rings is 1. The number of rotatable bonds is 8. The smallest absolute Gasteiger partial charge is 0.367 e. The van der Waals surface area contributed by atoms with E-state index in [2.05, 4.69) is 46.2 Å². The van der Waals surface area contributed by atoms with Gasteiger partial charge in [0.1, 0.15) is 23.5 Å². The van der Waals surface area contributed by atoms with Crippen LogP contribution in [0.4, 0.5) is 19.0 Å². The highest BCUT2D eigenvalue weighted by molar-refractivity contribution is 5.90. The normalized spacial score (nSPS) is 23.5. The van der Waals surface area contributed by atoms with Crippen molar-refractivity contribution in [2.24, 2.45) is 0 Å². The number of nitrogens with zero attached hydrogens (tertiary/aromatic N) is 8. The molecule has 0 amide bonds. The minimum absolute atomic E-state index is 0.0554. The summed E-state index contributed by atoms with van der Waals surface area (Å²) in [6, 6.07) is 7.64. The van der Waals surface area contributed by atoms with Crippen LogP contribution in [0.25, 0.3) is 22.3 Å². The monoisotopic (exact) mass is 590 g/mol. The molecule has 10 nitrogen and oxygen atoms in total. The molecule has 2 saturated heterocycles. The third-order valence-corrected chi connectivity index (χ3v) is 9.26. The molecule has 0 aromatic carbocycles. The summed E-state index contributed by atoms with van der Waals surface area (Å²) in [6.07, 6.45) is 7.38. The molecular weight excluding hydrogens is 557 g/mol. The predicted octanol–water partition coefficient (Wildman–Crippen LogP) is 4.79. The molecule has 0 radical (unpaired) electrons. The first kappa shape index (κ1) is 27.8. The Hall–Kier alpha value is -4.02. The van der Waals surface area contributed by atoms with Crippen LogP contribution in [0.3, 0.4) is 0 Å². The lowest BCUT2D eigenvalue weighted by molar-refractivity contribution is -0.141. The Balaban J connectivity index is 0.986. The molecular formula is C30H33F3N10. The molecule has 13 heteroatoms. The summed E-state index contributed by atoms with van der Waals surface area (Å²) in [4.78, 5) is 20.4. The van der Waals surface area contributed by atoms with Crippen molar-refractivity contribution in [3.05, 3.63) is 54.4 Å². The van der Waals surface area contributed by atoms with Crippen LogP contribution in [0.1, 0.15) is 49.8 Å². The second-order valence-corrected chi connectivity index (χ2v) is 12.1. The number of anilines is 1. The number of halogens is 3. The van der Waals surface area contributed by atoms with Gasteiger partial charge >= 0.3 is 6.18 Å². The van der Waals surface area contributed by atoms with Crippen LogP contribution in [-0.4, -0.2) is 77.8 Å². The Morgan fingerprint density at radius 2 is 1.93 bits per heavy atom. The van der Waals surface area contributed by atoms with Gasteiger partial charge in [0.15, 0.2) is 0 Å². The van der Waals surface area contributed by atoms with E-state index in [1.165, 1.54) is 12.4 Å². The fourth-order valence-electron chi connectivity index (χ4n) is 6.76. The number of piperidine rings is 1. The lowest BCUT2D eigenvalue weighted by Gasteiger charge is -2.52. The van der Waals surface area contributed by atoms with Crippen molar-refractivity contribution < 1.29 is 13.2 Å². The number of nitrogens with one attached hydrogen (secondary N) is 2. The molecule has 0 atom stereocenters. The van der Waals surface area contributed by atoms with Crippen molar-refractivity contribution in [1.82, 2.24) is 39.5 Å². The molecule has 3 fully saturated rings. The van der Waals surface area contributed by atoms with Gasteiger partial charge < -0.3 is 15.2 Å². The number of aromatic nitrogens is 6. The summed E-state index contributed by atoms with van der Waals surface area (Å²) in [6.45, 7) is 4.02. The van der Waals surface area contributed by atoms with Crippen LogP contribution in [0.2, 0.25) is 0 Å². The van der Waals surface area contributed by atoms with E-state index in [1.807, 2.05) is 23.1 Å². The zero-order valence-electron chi connectivity index (χ0n) is 23.7. The molecule has 43 heavy (non-hydrogen) atoms. The van der Waals surface area contributed by atoms with Crippen LogP contribution < -0.4 is 5.32 Å². The van der Waals surface area contributed by atoms with Gasteiger partial charge in [0.25, 0.3) is 0 Å². The standard InChI is InChI=1S/C30H33F3N10/c31-30(32,33)25-12-20(17-41-8-1-9-41)13-26(40-25)39-22-3-10-42(11-4-22)23-14-29(15-23,5-6-34)43-18-21(16-38-43)27-24-2-7-35-28(24)37-19-36-27/h2,7,12-13,16,18-19,22-23H,1,3-5,8-11,14-15,17H2,(H,39,40)(H,35,36,37)/t23-,29+. The highest BCUT2D eigenvalue weighted by Gasteiger charge is 2.49. The van der Waals surface area contributed by atoms with Gasteiger partial charge in [0, 0.05) is 55.1 Å². The van der Waals surface area contributed by atoms with E-state index >= 15 is 0 Å². The Morgan fingerprint density at radius 3 is 2.65 bits per heavy atom. The molecule has 2 aliphatic heterocycles. The van der Waals surface area contributed by atoms with Crippen LogP contribution >= 0.6 is 0 Å². The lowest BCUT2D eigenvalue weighted by Crippen LogP contribution is -2.58. The summed E-state index contributed by atoms with van der Waals surface area (Å²) >= 11 is 0. The number of hydrogen-bond acceptors (Lipinski definition) is 8. The maximum Gasteiger partial charge on any atom is 0.433 e. The zero-order chi connectivity index (χ0) is 29.6. The van der Waals surface area contributed by atoms with Gasteiger partial charge in [-0.2, -0.15) is 23.5 Å². The van der Waals surface area contributed by atoms with Gasteiger partial charge in [0.05, 0.1) is 29.9 Å². The van der Waals surface area contributed by atoms with E-state index in [0.29, 0.717) is 30.4 Å². The highest BCUT2D eigenvalue weighted by atomic mass is 19.4. The lowest BCUT2D eigenvalue weighted by atomic mass is 9.69. The molecule has 0 unspecified atom stereocenters. The molecule has 0 bridgehead atoms. The van der Waals surface area contributed by atoms with Crippen molar-refractivity contribution in [1.29, 1.82) is 5.26 Å². The Labute approximate surface area is 246 Å². The van der Waals surface area contributed by atoms with E-state index in [0.717, 1.165) is 80.6 Å². The first-order valence-electron chi connectivity index (χ1n) is 14.8. The second kappa shape index (κ2) is 10.9. The van der Waals surface area contributed by atoms with Crippen molar-refractivity contribution in [3.8, 4) is 17.3 Å². The molecule has 1 aliphatic carbocycles. The third kappa shape index (κ3) is 5.45. The maximum absolute atomic E-state index is 13.6. The summed E-state index contributed by atoms with van der Waals surface area (Å²) < 4.78 is 42.7. The first-order valence-corrected chi connectivity index (χ1v) is 14.8. The Bertz CT molecular complexity index is 1640. The number of likely N-dealkylation sites (tertiary alicyclic amines) is 2. The Kier molecular flexibility index (Phi) is 7.05. The number of hydrogen-bond donors (Lipinski definition) is 2. The van der Waals surface area contributed by atoms with E-state index in [4.69, 9.17) is 0 Å². The largest absolute Gasteiger partial charge is 0.433 e. The zero-order valence-corrected chi connectivity index (χ0v) is 23.7. The SMILES string of the molecule is N#CC[C@]1(n2cc(-c3ncnc4[nH]ccc34)cn2)C[C@@H](N2CCC(Nc3cc(CN4CCC4)cc(C(F)(F)F)n3)CC2)C1. The van der Waals surface area contributed by atoms with Crippen molar-refractivity contribution >= 4 is 16.9 Å². The molecule has 224 valence electrons. The van der Waals surface area contributed by atoms with E-state index in [9.17, 15) is 18.4 Å². The van der Waals surface area contributed by atoms with Gasteiger partial charge in [-0.1, -0.05) is 0 Å². The van der Waals surface area contributed by atoms with E-state index < -0.39 is 11.9 Å². The van der Waals surface area contributed by atoms with Gasteiger partial charge in [-0.3, -0.25) is 9.58 Å². The second-order valence-electron chi connectivity index (χ2n) is 12.1. The Morgan fingerprint density at radius 1 is 1.12 bits per heavy atom. The van der Waals surface area contributed by atoms with Crippen LogP contribution in [0, 0.1) is 11.3 Å². The van der Waals surface area contributed by atoms with Crippen molar-refractivity contribution in [2.75, 3.05) is 31.5 Å². The molecule has 4 aromatic rings. The third-order valence-electron chi connectivity index (χ3n) is 9.26. The number of alkyl halides is 3. The number of fused-ring (bicyclic) bond motifs is 1. The predicted molar refractivity (Wildman–Crippen MR) is 154 cm³/mol. The van der Waals surface area contributed by atoms with Gasteiger partial charge in [-0.15, -0.1) is 0 Å².